The molecule has 7 rings (SSSR count). The number of ether oxygens (including phenoxy) is 2. The fourth-order valence-electron chi connectivity index (χ4n) is 8.12. The number of hydrogen-bond donors (Lipinski definition) is 5. The van der Waals surface area contributed by atoms with Crippen LogP contribution in [-0.2, 0) is 30.4 Å². The Hall–Kier alpha value is -5.61. The van der Waals surface area contributed by atoms with Crippen LogP contribution in [0.4, 0.5) is 22.5 Å². The molecule has 0 spiro atoms. The maximum atomic E-state index is 14.0. The lowest BCUT2D eigenvalue weighted by Gasteiger charge is -2.35. The van der Waals surface area contributed by atoms with Crippen molar-refractivity contribution in [1.82, 2.24) is 40.4 Å². The van der Waals surface area contributed by atoms with Crippen molar-refractivity contribution in [3.05, 3.63) is 92.8 Å². The summed E-state index contributed by atoms with van der Waals surface area (Å²) in [6, 6.07) is 13.8. The van der Waals surface area contributed by atoms with Crippen LogP contribution in [0.1, 0.15) is 59.5 Å². The molecule has 3 aromatic heterocycles. The summed E-state index contributed by atoms with van der Waals surface area (Å²) in [6.07, 6.45) is 0.856. The number of piperazine rings is 1. The first kappa shape index (κ1) is 51.2. The molecule has 1 unspecified atom stereocenters. The van der Waals surface area contributed by atoms with Crippen LogP contribution in [0.25, 0.3) is 10.4 Å². The maximum Gasteiger partial charge on any atom is 0.267 e. The van der Waals surface area contributed by atoms with Crippen LogP contribution < -0.4 is 26.2 Å². The topological polar surface area (TPSA) is 216 Å². The number of aliphatic hydroxyl groups is 1. The van der Waals surface area contributed by atoms with Gasteiger partial charge in [-0.3, -0.25) is 19.2 Å². The molecular formula is C48H60ClN11O7S2. The van der Waals surface area contributed by atoms with E-state index in [0.717, 1.165) is 27.3 Å². The minimum Gasteiger partial charge on any atom is -0.391 e. The van der Waals surface area contributed by atoms with E-state index in [1.807, 2.05) is 82.6 Å². The number of halogens is 1. The van der Waals surface area contributed by atoms with E-state index >= 15 is 0 Å². The number of nitrogens with one attached hydrogen (secondary N) is 4. The Morgan fingerprint density at radius 3 is 2.42 bits per heavy atom. The van der Waals surface area contributed by atoms with E-state index in [1.54, 1.807) is 29.2 Å². The second kappa shape index (κ2) is 23.3. The lowest BCUT2D eigenvalue weighted by Crippen LogP contribution is -2.57. The molecule has 2 aromatic carbocycles. The number of para-hydroxylation sites is 1. The zero-order valence-electron chi connectivity index (χ0n) is 39.7. The Morgan fingerprint density at radius 1 is 0.957 bits per heavy atom. The van der Waals surface area contributed by atoms with Crippen LogP contribution in [0.3, 0.4) is 0 Å². The van der Waals surface area contributed by atoms with E-state index in [4.69, 9.17) is 21.1 Å². The molecule has 0 aliphatic carbocycles. The molecule has 0 saturated carbocycles. The zero-order valence-corrected chi connectivity index (χ0v) is 42.1. The Labute approximate surface area is 415 Å². The highest BCUT2D eigenvalue weighted by molar-refractivity contribution is 7.17. The monoisotopic (exact) mass is 1000 g/mol. The van der Waals surface area contributed by atoms with Gasteiger partial charge in [0.05, 0.1) is 65.0 Å². The number of aryl methyl sites for hydroxylation is 3. The molecule has 5 heterocycles. The summed E-state index contributed by atoms with van der Waals surface area (Å²) >= 11 is 9.07. The van der Waals surface area contributed by atoms with Crippen LogP contribution >= 0.6 is 34.3 Å². The van der Waals surface area contributed by atoms with Gasteiger partial charge in [0.25, 0.3) is 5.91 Å². The van der Waals surface area contributed by atoms with Crippen molar-refractivity contribution in [1.29, 1.82) is 0 Å². The standard InChI is InChI=1S/C48H60ClN11O7S2/c1-29-8-7-9-35(49)41(29)57-45(64)37-25-52-47(69-37)56-38-23-39(55-31(3)54-38)58-15-17-59(18-16-58)40(62)27-67-21-20-66-19-14-50-43(48(4,5)6)46(65)60-26-34(61)22-36(60)44(63)51-24-32-10-12-33(13-11-32)42-30(2)53-28-68-42/h7-13,23,25,28,34,36,43,50,61H,14-22,24,26-27H2,1-6H3,(H,51,63)(H,57,64)(H,52,54,55,56)/t34-,36+,43?/m1/s1. The van der Waals surface area contributed by atoms with Crippen molar-refractivity contribution in [3.8, 4) is 10.4 Å². The Morgan fingerprint density at radius 2 is 1.71 bits per heavy atom. The predicted octanol–water partition coefficient (Wildman–Crippen LogP) is 5.60. The maximum absolute atomic E-state index is 14.0. The normalized spacial score (nSPS) is 16.7. The second-order valence-corrected chi connectivity index (χ2v) is 20.4. The summed E-state index contributed by atoms with van der Waals surface area (Å²) in [5.41, 5.74) is 5.70. The average Bonchev–Trinajstić information content (AvgIpc) is 4.08. The van der Waals surface area contributed by atoms with Gasteiger partial charge in [0.1, 0.15) is 35.0 Å². The van der Waals surface area contributed by atoms with E-state index in [1.165, 1.54) is 22.4 Å². The number of likely N-dealkylation sites (tertiary alicyclic amines) is 1. The number of benzene rings is 2. The molecule has 2 aliphatic heterocycles. The lowest BCUT2D eigenvalue weighted by atomic mass is 9.85. The number of amides is 4. The molecule has 3 atom stereocenters. The number of aliphatic hydroxyl groups excluding tert-OH is 1. The van der Waals surface area contributed by atoms with Gasteiger partial charge in [-0.2, -0.15) is 0 Å². The van der Waals surface area contributed by atoms with E-state index in [9.17, 15) is 24.3 Å². The summed E-state index contributed by atoms with van der Waals surface area (Å²) in [4.78, 5) is 78.1. The predicted molar refractivity (Wildman–Crippen MR) is 268 cm³/mol. The van der Waals surface area contributed by atoms with Gasteiger partial charge in [-0.05, 0) is 48.9 Å². The van der Waals surface area contributed by atoms with Crippen molar-refractivity contribution >= 4 is 80.4 Å². The molecule has 69 heavy (non-hydrogen) atoms. The Kier molecular flexibility index (Phi) is 17.3. The summed E-state index contributed by atoms with van der Waals surface area (Å²) in [5, 5.41) is 23.9. The van der Waals surface area contributed by atoms with Crippen molar-refractivity contribution < 1.29 is 33.8 Å². The van der Waals surface area contributed by atoms with Gasteiger partial charge in [0, 0.05) is 58.3 Å². The SMILES string of the molecule is Cc1nc(Nc2ncc(C(=O)Nc3c(C)cccc3Cl)s2)cc(N2CCN(C(=O)COCCOCCNC(C(=O)N3C[C@H](O)C[C@H]3C(=O)NCc3ccc(-c4scnc4C)cc3)C(C)(C)C)CC2)n1. The van der Waals surface area contributed by atoms with Gasteiger partial charge in [-0.1, -0.05) is 80.1 Å². The highest BCUT2D eigenvalue weighted by Gasteiger charge is 2.43. The first-order valence-electron chi connectivity index (χ1n) is 22.9. The number of carbonyl (C=O) groups is 4. The van der Waals surface area contributed by atoms with E-state index in [0.29, 0.717) is 84.1 Å². The molecule has 5 N–H and O–H groups in total. The van der Waals surface area contributed by atoms with Crippen molar-refractivity contribution in [2.45, 2.75) is 72.7 Å². The Bertz CT molecular complexity index is 2560. The van der Waals surface area contributed by atoms with Gasteiger partial charge in [0.2, 0.25) is 17.7 Å². The number of rotatable bonds is 19. The summed E-state index contributed by atoms with van der Waals surface area (Å²) in [5.74, 6) is 0.802. The summed E-state index contributed by atoms with van der Waals surface area (Å²) in [6.45, 7) is 15.0. The third-order valence-corrected chi connectivity index (χ3v) is 14.0. The van der Waals surface area contributed by atoms with Crippen LogP contribution in [-0.4, -0.2) is 142 Å². The number of anilines is 4. The highest BCUT2D eigenvalue weighted by atomic mass is 35.5. The van der Waals surface area contributed by atoms with Gasteiger partial charge in [-0.15, -0.1) is 11.3 Å². The summed E-state index contributed by atoms with van der Waals surface area (Å²) in [7, 11) is 0. The van der Waals surface area contributed by atoms with E-state index in [-0.39, 0.29) is 56.4 Å². The molecule has 0 bridgehead atoms. The molecule has 368 valence electrons. The van der Waals surface area contributed by atoms with Crippen molar-refractivity contribution in [2.24, 2.45) is 5.41 Å². The summed E-state index contributed by atoms with van der Waals surface area (Å²) < 4.78 is 11.5. The van der Waals surface area contributed by atoms with Crippen LogP contribution in [0.5, 0.6) is 0 Å². The van der Waals surface area contributed by atoms with Crippen molar-refractivity contribution in [3.63, 3.8) is 0 Å². The van der Waals surface area contributed by atoms with Gasteiger partial charge in [-0.25, -0.2) is 19.9 Å². The van der Waals surface area contributed by atoms with Gasteiger partial charge < -0.3 is 50.5 Å². The highest BCUT2D eigenvalue weighted by Crippen LogP contribution is 2.31. The number of nitrogens with zero attached hydrogens (tertiary/aromatic N) is 7. The van der Waals surface area contributed by atoms with Gasteiger partial charge in [0.15, 0.2) is 5.13 Å². The number of thiazole rings is 2. The molecule has 2 saturated heterocycles. The fourth-order valence-corrected chi connectivity index (χ4v) is 9.92. The number of carbonyl (C=O) groups excluding carboxylic acids is 4. The van der Waals surface area contributed by atoms with E-state index in [2.05, 4.69) is 46.1 Å². The molecule has 5 aromatic rings. The number of hydrogen-bond acceptors (Lipinski definition) is 16. The minimum absolute atomic E-state index is 0.0728. The first-order valence-corrected chi connectivity index (χ1v) is 24.9. The van der Waals surface area contributed by atoms with E-state index < -0.39 is 23.6 Å². The molecule has 0 radical (unpaired) electrons. The fraction of sp³-hybridized carbons (Fsp3) is 0.458. The third-order valence-electron chi connectivity index (χ3n) is 11.8. The number of β-amino-alcohol motifs (C(OH)–C–C–N with tert-alkyl or cyclic N) is 1. The lowest BCUT2D eigenvalue weighted by molar-refractivity contribution is -0.142. The smallest absolute Gasteiger partial charge is 0.267 e. The largest absolute Gasteiger partial charge is 0.391 e. The van der Waals surface area contributed by atoms with Crippen LogP contribution in [0.2, 0.25) is 5.02 Å². The molecular weight excluding hydrogens is 942 g/mol. The number of aromatic nitrogens is 4. The van der Waals surface area contributed by atoms with Crippen LogP contribution in [0.15, 0.2) is 60.2 Å². The molecule has 4 amide bonds. The molecule has 18 nitrogen and oxygen atoms in total. The average molecular weight is 1000 g/mol. The Balaban J connectivity index is 0.791. The second-order valence-electron chi connectivity index (χ2n) is 18.1. The van der Waals surface area contributed by atoms with Crippen LogP contribution in [0, 0.1) is 26.2 Å². The zero-order chi connectivity index (χ0) is 49.2. The minimum atomic E-state index is -0.806. The quantitative estimate of drug-likeness (QED) is 0.0638. The van der Waals surface area contributed by atoms with Crippen molar-refractivity contribution in [2.75, 3.05) is 81.2 Å². The van der Waals surface area contributed by atoms with Gasteiger partial charge >= 0.3 is 0 Å². The molecule has 21 heteroatoms. The first-order chi connectivity index (χ1) is 33.0. The molecule has 2 aliphatic rings. The third kappa shape index (κ3) is 13.6. The molecule has 2 fully saturated rings.